The van der Waals surface area contributed by atoms with Crippen molar-refractivity contribution in [3.8, 4) is 34.3 Å². The molecule has 230 valence electrons. The Kier molecular flexibility index (Phi) is 9.64. The fourth-order valence-corrected chi connectivity index (χ4v) is 4.70. The molecule has 2 saturated heterocycles. The van der Waals surface area contributed by atoms with Crippen molar-refractivity contribution in [3.63, 3.8) is 0 Å². The molecule has 1 aromatic heterocycles. The van der Waals surface area contributed by atoms with Crippen LogP contribution in [0.5, 0.6) is 23.0 Å². The predicted molar refractivity (Wildman–Crippen MR) is 137 cm³/mol. The number of benzene rings is 2. The van der Waals surface area contributed by atoms with E-state index in [0.717, 1.165) is 6.07 Å². The summed E-state index contributed by atoms with van der Waals surface area (Å²) in [5.41, 5.74) is 0.476. The zero-order valence-corrected chi connectivity index (χ0v) is 22.7. The Morgan fingerprint density at radius 1 is 0.738 bits per heavy atom. The van der Waals surface area contributed by atoms with Gasteiger partial charge in [0, 0.05) is 12.1 Å². The van der Waals surface area contributed by atoms with Gasteiger partial charge in [0.1, 0.15) is 65.4 Å². The van der Waals surface area contributed by atoms with Gasteiger partial charge in [-0.2, -0.15) is 0 Å². The summed E-state index contributed by atoms with van der Waals surface area (Å²) in [5, 5.41) is 92.0. The van der Waals surface area contributed by atoms with Gasteiger partial charge in [-0.15, -0.1) is 0 Å². The quantitative estimate of drug-likeness (QED) is 0.123. The number of phenols is 3. The van der Waals surface area contributed by atoms with E-state index in [9.17, 15) is 46.0 Å². The van der Waals surface area contributed by atoms with Crippen molar-refractivity contribution < 1.29 is 81.7 Å². The molecule has 42 heavy (non-hydrogen) atoms. The molecule has 9 N–H and O–H groups in total. The summed E-state index contributed by atoms with van der Waals surface area (Å²) in [5.74, 6) is -0.661. The number of hydrogen-bond acceptors (Lipinski definition) is 13. The van der Waals surface area contributed by atoms with Crippen molar-refractivity contribution in [2.24, 2.45) is 0 Å². The van der Waals surface area contributed by atoms with Crippen molar-refractivity contribution >= 4 is 11.0 Å². The second-order valence-corrected chi connectivity index (χ2v) is 10.0. The third kappa shape index (κ3) is 6.18. The average Bonchev–Trinajstić information content (AvgIpc) is 2.94. The van der Waals surface area contributed by atoms with Gasteiger partial charge in [-0.05, 0) is 31.2 Å². The number of ether oxygens (including phenoxy) is 4. The van der Waals surface area contributed by atoms with Crippen LogP contribution in [0, 0.1) is 0 Å². The van der Waals surface area contributed by atoms with E-state index in [2.05, 4.69) is 0 Å². The van der Waals surface area contributed by atoms with E-state index in [1.54, 1.807) is 0 Å². The minimum Gasteiger partial charge on any atom is -1.00 e. The van der Waals surface area contributed by atoms with Gasteiger partial charge in [0.2, 0.25) is 12.0 Å². The highest BCUT2D eigenvalue weighted by Gasteiger charge is 2.48. The molecule has 5 rings (SSSR count). The summed E-state index contributed by atoms with van der Waals surface area (Å²) in [6.07, 6.45) is -15.0. The van der Waals surface area contributed by atoms with E-state index in [-0.39, 0.29) is 52.1 Å². The highest BCUT2D eigenvalue weighted by atomic mass is 35.5. The van der Waals surface area contributed by atoms with Crippen molar-refractivity contribution in [1.82, 2.24) is 0 Å². The predicted octanol–water partition coefficient (Wildman–Crippen LogP) is -3.47. The smallest absolute Gasteiger partial charge is 0.402 e. The monoisotopic (exact) mass is 614 g/mol. The van der Waals surface area contributed by atoms with Crippen LogP contribution >= 0.6 is 0 Å². The first-order chi connectivity index (χ1) is 19.4. The van der Waals surface area contributed by atoms with Crippen LogP contribution in [-0.4, -0.2) is 114 Å². The lowest BCUT2D eigenvalue weighted by atomic mass is 9.98. The number of halogens is 1. The molecule has 10 atom stereocenters. The van der Waals surface area contributed by atoms with Crippen LogP contribution in [0.2, 0.25) is 0 Å². The van der Waals surface area contributed by atoms with E-state index in [1.165, 1.54) is 43.3 Å². The van der Waals surface area contributed by atoms with Gasteiger partial charge in [0.25, 0.3) is 0 Å². The lowest BCUT2D eigenvalue weighted by Crippen LogP contribution is -3.00. The third-order valence-electron chi connectivity index (χ3n) is 7.09. The summed E-state index contributed by atoms with van der Waals surface area (Å²) >= 11 is 0. The van der Waals surface area contributed by atoms with Crippen LogP contribution in [0.1, 0.15) is 6.92 Å². The van der Waals surface area contributed by atoms with Crippen molar-refractivity contribution in [1.29, 1.82) is 0 Å². The lowest BCUT2D eigenvalue weighted by molar-refractivity contribution is -0.318. The first kappa shape index (κ1) is 31.9. The average molecular weight is 615 g/mol. The summed E-state index contributed by atoms with van der Waals surface area (Å²) in [6, 6.07) is 9.48. The number of phenolic OH excluding ortho intramolecular Hbond substituents is 3. The Morgan fingerprint density at radius 2 is 1.38 bits per heavy atom. The Morgan fingerprint density at radius 3 is 2.07 bits per heavy atom. The molecule has 2 aromatic carbocycles. The number of aliphatic hydroxyl groups is 6. The van der Waals surface area contributed by atoms with E-state index in [4.69, 9.17) is 23.4 Å². The maximum atomic E-state index is 10.7. The minimum absolute atomic E-state index is 0. The van der Waals surface area contributed by atoms with Crippen molar-refractivity contribution in [2.75, 3.05) is 6.61 Å². The van der Waals surface area contributed by atoms with Crippen LogP contribution in [0.3, 0.4) is 0 Å². The Hall–Kier alpha value is -3.02. The minimum atomic E-state index is -1.77. The third-order valence-corrected chi connectivity index (χ3v) is 7.09. The van der Waals surface area contributed by atoms with E-state index in [0.29, 0.717) is 5.56 Å². The molecule has 3 heterocycles. The van der Waals surface area contributed by atoms with Gasteiger partial charge in [-0.25, -0.2) is 4.42 Å². The van der Waals surface area contributed by atoms with Crippen LogP contribution < -0.4 is 17.1 Å². The zero-order valence-electron chi connectivity index (χ0n) is 22.0. The van der Waals surface area contributed by atoms with Gasteiger partial charge in [-0.3, -0.25) is 0 Å². The molecule has 14 nitrogen and oxygen atoms in total. The lowest BCUT2D eigenvalue weighted by Gasteiger charge is -2.42. The fourth-order valence-electron chi connectivity index (χ4n) is 4.70. The fraction of sp³-hybridized carbons (Fsp3) is 0.444. The van der Waals surface area contributed by atoms with Gasteiger partial charge in [0.15, 0.2) is 6.29 Å². The highest BCUT2D eigenvalue weighted by Crippen LogP contribution is 2.40. The summed E-state index contributed by atoms with van der Waals surface area (Å²) in [7, 11) is 0. The van der Waals surface area contributed by atoms with Crippen molar-refractivity contribution in [2.45, 2.75) is 68.3 Å². The Labute approximate surface area is 244 Å². The molecule has 2 fully saturated rings. The molecule has 0 radical (unpaired) electrons. The van der Waals surface area contributed by atoms with Gasteiger partial charge in [-0.1, -0.05) is 0 Å². The summed E-state index contributed by atoms with van der Waals surface area (Å²) in [6.45, 7) is 0.973. The molecular weight excluding hydrogens is 584 g/mol. The van der Waals surface area contributed by atoms with E-state index < -0.39 is 68.0 Å². The first-order valence-electron chi connectivity index (χ1n) is 12.7. The molecule has 0 bridgehead atoms. The Bertz CT molecular complexity index is 1370. The molecule has 2 aliphatic rings. The number of rotatable bonds is 6. The molecule has 2 aliphatic heterocycles. The first-order valence-corrected chi connectivity index (χ1v) is 12.7. The standard InChI is InChI=1S/C27H30O14.ClH/c1-10-19(31)21(33)23(35)26(38-10)37-9-18-20(32)22(34)24(36)27(41-18)40-17-8-14-15(30)6-13(29)7-16(14)39-25(17)11-2-4-12(28)5-3-11;/h2-8,10,18-24,26-27,31-36H,9H2,1H3,(H2-,28,29,30);1H/t10-,18-,19-,20+,21?,22-,23?,24+,26+,27+;/m0./s1. The molecule has 0 aliphatic carbocycles. The Balaban J connectivity index is 0.00000405. The normalized spacial score (nSPS) is 33.2. The summed E-state index contributed by atoms with van der Waals surface area (Å²) in [4.78, 5) is 0. The maximum Gasteiger partial charge on any atom is 0.402 e. The number of aliphatic hydroxyl groups excluding tert-OH is 6. The molecule has 0 spiro atoms. The zero-order chi connectivity index (χ0) is 29.6. The number of hydrogen-bond donors (Lipinski definition) is 9. The molecular formula is C27H31ClO14. The highest BCUT2D eigenvalue weighted by molar-refractivity contribution is 5.88. The number of aromatic hydroxyl groups is 3. The van der Waals surface area contributed by atoms with Crippen LogP contribution in [0.15, 0.2) is 46.9 Å². The molecule has 3 aromatic rings. The van der Waals surface area contributed by atoms with Crippen LogP contribution in [-0.2, 0) is 14.2 Å². The van der Waals surface area contributed by atoms with Crippen LogP contribution in [0.4, 0.5) is 0 Å². The maximum absolute atomic E-state index is 10.7. The SMILES string of the molecule is C[C@@H]1O[C@@H](OC[C@@H]2O[C@@H](Oc3cc4c(O)cc(O)cc4[o+]c3-c3ccc(O)cc3)[C@H](O)[C@@H](O)[C@@H]2O)C(O)C(O)[C@H]1O.[Cl-]. The molecule has 0 saturated carbocycles. The molecule has 0 amide bonds. The summed E-state index contributed by atoms with van der Waals surface area (Å²) < 4.78 is 28.4. The molecule has 15 heteroatoms. The second kappa shape index (κ2) is 12.7. The van der Waals surface area contributed by atoms with Crippen LogP contribution in [0.25, 0.3) is 22.3 Å². The largest absolute Gasteiger partial charge is 1.00 e. The van der Waals surface area contributed by atoms with Gasteiger partial charge < -0.3 is 77.3 Å². The van der Waals surface area contributed by atoms with E-state index in [1.807, 2.05) is 0 Å². The van der Waals surface area contributed by atoms with E-state index >= 15 is 0 Å². The topological polar surface area (TPSA) is 230 Å². The van der Waals surface area contributed by atoms with Crippen molar-refractivity contribution in [3.05, 3.63) is 42.5 Å². The van der Waals surface area contributed by atoms with Gasteiger partial charge in [0.05, 0.1) is 24.3 Å². The van der Waals surface area contributed by atoms with Gasteiger partial charge >= 0.3 is 11.3 Å². The second-order valence-electron chi connectivity index (χ2n) is 10.0. The number of fused-ring (bicyclic) bond motifs is 1. The molecule has 2 unspecified atom stereocenters.